The fourth-order valence-electron chi connectivity index (χ4n) is 3.42. The Balaban J connectivity index is 1.59. The Morgan fingerprint density at radius 3 is 2.95 bits per heavy atom. The van der Waals surface area contributed by atoms with E-state index in [2.05, 4.69) is 16.5 Å². The number of aliphatic hydroxyl groups is 1. The van der Waals surface area contributed by atoms with Crippen molar-refractivity contribution in [3.63, 3.8) is 0 Å². The fourth-order valence-corrected chi connectivity index (χ4v) is 3.42. The van der Waals surface area contributed by atoms with Crippen molar-refractivity contribution in [2.24, 2.45) is 0 Å². The van der Waals surface area contributed by atoms with Gasteiger partial charge in [0.25, 0.3) is 0 Å². The van der Waals surface area contributed by atoms with Gasteiger partial charge in [-0.05, 0) is 26.0 Å². The molecule has 118 valence electrons. The summed E-state index contributed by atoms with van der Waals surface area (Å²) in [7, 11) is 0. The smallest absolute Gasteiger partial charge is 0.151 e. The van der Waals surface area contributed by atoms with Gasteiger partial charge in [-0.25, -0.2) is 4.98 Å². The van der Waals surface area contributed by atoms with Crippen LogP contribution in [0.15, 0.2) is 18.2 Å². The lowest BCUT2D eigenvalue weighted by Crippen LogP contribution is -2.34. The van der Waals surface area contributed by atoms with Gasteiger partial charge in [-0.2, -0.15) is 0 Å². The molecular weight excluding hydrogens is 284 g/mol. The molecule has 0 bridgehead atoms. The Morgan fingerprint density at radius 2 is 2.14 bits per heavy atom. The van der Waals surface area contributed by atoms with Gasteiger partial charge < -0.3 is 23.9 Å². The van der Waals surface area contributed by atoms with Crippen molar-refractivity contribution >= 4 is 11.0 Å². The fraction of sp³-hybridized carbons (Fsp3) is 0.562. The van der Waals surface area contributed by atoms with Crippen LogP contribution in [0, 0.1) is 6.92 Å². The lowest BCUT2D eigenvalue weighted by molar-refractivity contribution is 0.00865. The van der Waals surface area contributed by atoms with Gasteiger partial charge in [0.05, 0.1) is 24.2 Å². The molecule has 6 nitrogen and oxygen atoms in total. The normalized spacial score (nSPS) is 30.9. The molecule has 0 saturated carbocycles. The van der Waals surface area contributed by atoms with Crippen molar-refractivity contribution in [3.05, 3.63) is 24.0 Å². The highest BCUT2D eigenvalue weighted by Gasteiger charge is 2.48. The van der Waals surface area contributed by atoms with Gasteiger partial charge in [0.15, 0.2) is 6.10 Å². The third kappa shape index (κ3) is 2.10. The van der Waals surface area contributed by atoms with E-state index in [1.165, 1.54) is 0 Å². The lowest BCUT2D eigenvalue weighted by Gasteiger charge is -2.18. The second-order valence-corrected chi connectivity index (χ2v) is 5.87. The van der Waals surface area contributed by atoms with Gasteiger partial charge in [0.2, 0.25) is 0 Å². The van der Waals surface area contributed by atoms with Gasteiger partial charge in [-0.15, -0.1) is 0 Å². The maximum atomic E-state index is 9.78. The zero-order valence-electron chi connectivity index (χ0n) is 12.7. The molecule has 2 aromatic rings. The highest BCUT2D eigenvalue weighted by atomic mass is 16.6. The molecular formula is C16H20N2O4. The first-order valence-corrected chi connectivity index (χ1v) is 7.72. The number of imidazole rings is 1. The van der Waals surface area contributed by atoms with E-state index in [1.807, 2.05) is 25.1 Å². The second kappa shape index (κ2) is 5.22. The first-order chi connectivity index (χ1) is 10.7. The number of hydrogen-bond acceptors (Lipinski definition) is 5. The Morgan fingerprint density at radius 1 is 1.32 bits per heavy atom. The minimum absolute atomic E-state index is 0.182. The van der Waals surface area contributed by atoms with Crippen LogP contribution in [-0.2, 0) is 16.0 Å². The SMILES string of the molecule is CCn1c(C)nc2ccc(OC3COC4C(O)COC34)cc21. The van der Waals surface area contributed by atoms with Crippen molar-refractivity contribution < 1.29 is 19.3 Å². The zero-order valence-corrected chi connectivity index (χ0v) is 12.7. The van der Waals surface area contributed by atoms with Crippen LogP contribution < -0.4 is 4.74 Å². The number of nitrogens with zero attached hydrogens (tertiary/aromatic N) is 2. The summed E-state index contributed by atoms with van der Waals surface area (Å²) in [5.74, 6) is 1.78. The van der Waals surface area contributed by atoms with Gasteiger partial charge >= 0.3 is 0 Å². The van der Waals surface area contributed by atoms with Crippen LogP contribution in [-0.4, -0.2) is 52.3 Å². The average molecular weight is 304 g/mol. The molecule has 1 N–H and O–H groups in total. The molecule has 4 unspecified atom stereocenters. The zero-order chi connectivity index (χ0) is 15.3. The second-order valence-electron chi connectivity index (χ2n) is 5.87. The van der Waals surface area contributed by atoms with E-state index in [0.717, 1.165) is 29.2 Å². The van der Waals surface area contributed by atoms with Crippen molar-refractivity contribution in [2.75, 3.05) is 13.2 Å². The van der Waals surface area contributed by atoms with Crippen LogP contribution in [0.2, 0.25) is 0 Å². The highest BCUT2D eigenvalue weighted by Crippen LogP contribution is 2.31. The maximum Gasteiger partial charge on any atom is 0.151 e. The van der Waals surface area contributed by atoms with Crippen LogP contribution >= 0.6 is 0 Å². The number of ether oxygens (including phenoxy) is 3. The van der Waals surface area contributed by atoms with Crippen molar-refractivity contribution in [2.45, 2.75) is 44.8 Å². The van der Waals surface area contributed by atoms with E-state index in [-0.39, 0.29) is 18.3 Å². The summed E-state index contributed by atoms with van der Waals surface area (Å²) < 4.78 is 19.4. The molecule has 3 heterocycles. The predicted molar refractivity (Wildman–Crippen MR) is 80.0 cm³/mol. The summed E-state index contributed by atoms with van der Waals surface area (Å²) in [6, 6.07) is 5.91. The Hall–Kier alpha value is -1.63. The first-order valence-electron chi connectivity index (χ1n) is 7.72. The standard InChI is InChI=1S/C16H20N2O4/c1-3-18-9(2)17-11-5-4-10(6-12(11)18)22-14-8-21-15-13(19)7-20-16(14)15/h4-6,13-16,19H,3,7-8H2,1-2H3. The molecule has 4 rings (SSSR count). The van der Waals surface area contributed by atoms with Crippen LogP contribution in [0.1, 0.15) is 12.7 Å². The molecule has 2 aliphatic heterocycles. The number of aromatic nitrogens is 2. The predicted octanol–water partition coefficient (Wildman–Crippen LogP) is 1.27. The minimum atomic E-state index is -0.551. The minimum Gasteiger partial charge on any atom is -0.485 e. The van der Waals surface area contributed by atoms with E-state index in [9.17, 15) is 5.11 Å². The molecule has 2 saturated heterocycles. The van der Waals surface area contributed by atoms with E-state index >= 15 is 0 Å². The van der Waals surface area contributed by atoms with E-state index in [4.69, 9.17) is 14.2 Å². The van der Waals surface area contributed by atoms with E-state index in [1.54, 1.807) is 0 Å². The van der Waals surface area contributed by atoms with E-state index in [0.29, 0.717) is 13.2 Å². The number of fused-ring (bicyclic) bond motifs is 2. The molecule has 1 aromatic heterocycles. The van der Waals surface area contributed by atoms with Gasteiger partial charge in [0, 0.05) is 12.6 Å². The molecule has 0 spiro atoms. The molecule has 1 aromatic carbocycles. The number of aryl methyl sites for hydroxylation is 2. The number of benzene rings is 1. The quantitative estimate of drug-likeness (QED) is 0.925. The van der Waals surface area contributed by atoms with Gasteiger partial charge in [-0.1, -0.05) is 0 Å². The van der Waals surface area contributed by atoms with Crippen LogP contribution in [0.25, 0.3) is 11.0 Å². The summed E-state index contributed by atoms with van der Waals surface area (Å²) in [6.45, 7) is 5.74. The Bertz CT molecular complexity index is 699. The van der Waals surface area contributed by atoms with Crippen molar-refractivity contribution in [1.82, 2.24) is 9.55 Å². The summed E-state index contributed by atoms with van der Waals surface area (Å²) in [6.07, 6.45) is -1.19. The van der Waals surface area contributed by atoms with Gasteiger partial charge in [-0.3, -0.25) is 0 Å². The van der Waals surface area contributed by atoms with Crippen molar-refractivity contribution in [3.8, 4) is 5.75 Å². The molecule has 2 fully saturated rings. The highest BCUT2D eigenvalue weighted by molar-refractivity contribution is 5.77. The number of aliphatic hydroxyl groups excluding tert-OH is 1. The molecule has 6 heteroatoms. The van der Waals surface area contributed by atoms with Crippen LogP contribution in [0.5, 0.6) is 5.75 Å². The average Bonchev–Trinajstić information content (AvgIpc) is 3.15. The lowest BCUT2D eigenvalue weighted by atomic mass is 10.1. The Kier molecular flexibility index (Phi) is 3.32. The summed E-state index contributed by atoms with van der Waals surface area (Å²) in [4.78, 5) is 4.54. The molecule has 0 radical (unpaired) electrons. The first kappa shape index (κ1) is 14.0. The number of rotatable bonds is 3. The molecule has 2 aliphatic rings. The molecule has 0 aliphatic carbocycles. The topological polar surface area (TPSA) is 65.7 Å². The Labute approximate surface area is 128 Å². The van der Waals surface area contributed by atoms with Crippen LogP contribution in [0.3, 0.4) is 0 Å². The molecule has 0 amide bonds. The monoisotopic (exact) mass is 304 g/mol. The summed E-state index contributed by atoms with van der Waals surface area (Å²) in [5.41, 5.74) is 2.04. The summed E-state index contributed by atoms with van der Waals surface area (Å²) >= 11 is 0. The van der Waals surface area contributed by atoms with Crippen LogP contribution in [0.4, 0.5) is 0 Å². The summed E-state index contributed by atoms with van der Waals surface area (Å²) in [5, 5.41) is 9.78. The molecule has 22 heavy (non-hydrogen) atoms. The van der Waals surface area contributed by atoms with Crippen molar-refractivity contribution in [1.29, 1.82) is 0 Å². The third-order valence-corrected chi connectivity index (χ3v) is 4.50. The molecule has 4 atom stereocenters. The van der Waals surface area contributed by atoms with E-state index < -0.39 is 6.10 Å². The van der Waals surface area contributed by atoms with Gasteiger partial charge in [0.1, 0.15) is 29.9 Å². The third-order valence-electron chi connectivity index (χ3n) is 4.50. The number of hydrogen-bond donors (Lipinski definition) is 1. The maximum absolute atomic E-state index is 9.78. The largest absolute Gasteiger partial charge is 0.485 e.